The maximum atomic E-state index is 10.9. The lowest BCUT2D eigenvalue weighted by atomic mass is 9.53. The zero-order valence-electron chi connectivity index (χ0n) is 13.8. The molecular weight excluding hydrogens is 354 g/mol. The maximum Gasteiger partial charge on any atom is 0.162 e. The molecule has 1 saturated heterocycles. The number of ether oxygens (including phenoxy) is 1. The van der Waals surface area contributed by atoms with Crippen LogP contribution < -0.4 is 4.74 Å². The minimum Gasteiger partial charge on any atom is -0.504 e. The molecule has 1 fully saturated rings. The van der Waals surface area contributed by atoms with Crippen LogP contribution in [0.1, 0.15) is 24.5 Å². The fourth-order valence-electron chi connectivity index (χ4n) is 5.00. The summed E-state index contributed by atoms with van der Waals surface area (Å²) in [5.41, 5.74) is 3.56. The number of phenolic OH excluding ortho intramolecular Hbond substituents is 1. The van der Waals surface area contributed by atoms with Gasteiger partial charge in [-0.2, -0.15) is 0 Å². The third-order valence-electron chi connectivity index (χ3n) is 6.16. The normalized spacial score (nSPS) is 32.5. The lowest BCUT2D eigenvalue weighted by Crippen LogP contribution is -2.60. The summed E-state index contributed by atoms with van der Waals surface area (Å²) >= 11 is 3.82. The SMILES string of the molecule is COc1ccc2c(c1O)[C@@]13CCN(C)[C@H](C2)[C@@H]1C(Br)=CC=C3C. The van der Waals surface area contributed by atoms with E-state index >= 15 is 0 Å². The van der Waals surface area contributed by atoms with E-state index in [1.54, 1.807) is 7.11 Å². The number of hydrogen-bond donors (Lipinski definition) is 1. The zero-order valence-corrected chi connectivity index (χ0v) is 15.4. The highest BCUT2D eigenvalue weighted by Gasteiger charge is 2.56. The number of phenols is 1. The summed E-state index contributed by atoms with van der Waals surface area (Å²) in [6.45, 7) is 3.25. The molecule has 1 aromatic rings. The van der Waals surface area contributed by atoms with E-state index in [-0.39, 0.29) is 5.41 Å². The number of methoxy groups -OCH3 is 1. The Labute approximate surface area is 145 Å². The molecule has 3 aliphatic rings. The molecule has 122 valence electrons. The molecule has 1 aliphatic heterocycles. The lowest BCUT2D eigenvalue weighted by Gasteiger charge is -2.58. The van der Waals surface area contributed by atoms with Crippen molar-refractivity contribution in [3.05, 3.63) is 45.5 Å². The Kier molecular flexibility index (Phi) is 3.40. The van der Waals surface area contributed by atoms with Crippen molar-refractivity contribution >= 4 is 15.9 Å². The summed E-state index contributed by atoms with van der Waals surface area (Å²) < 4.78 is 6.65. The van der Waals surface area contributed by atoms with Crippen LogP contribution in [0.4, 0.5) is 0 Å². The second kappa shape index (κ2) is 5.12. The molecule has 0 spiro atoms. The molecule has 1 aromatic carbocycles. The van der Waals surface area contributed by atoms with Crippen LogP contribution in [0.5, 0.6) is 11.5 Å². The van der Waals surface area contributed by atoms with Gasteiger partial charge in [-0.3, -0.25) is 0 Å². The quantitative estimate of drug-likeness (QED) is 0.810. The third kappa shape index (κ3) is 1.85. The highest BCUT2D eigenvalue weighted by atomic mass is 79.9. The number of halogens is 1. The monoisotopic (exact) mass is 375 g/mol. The fourth-order valence-corrected chi connectivity index (χ4v) is 5.83. The van der Waals surface area contributed by atoms with Crippen molar-refractivity contribution in [1.82, 2.24) is 4.90 Å². The molecule has 3 atom stereocenters. The Morgan fingerprint density at radius 1 is 1.35 bits per heavy atom. The van der Waals surface area contributed by atoms with E-state index in [0.29, 0.717) is 23.5 Å². The maximum absolute atomic E-state index is 10.9. The van der Waals surface area contributed by atoms with Gasteiger partial charge in [0.05, 0.1) is 7.11 Å². The molecule has 4 heteroatoms. The standard InChI is InChI=1S/C19H22BrNO2/c1-11-4-6-13(20)17-14-10-12-5-7-15(23-3)18(22)16(12)19(11,17)8-9-21(14)2/h4-7,14,17,22H,8-10H2,1-3H3/t14-,17+,19+/m1/s1. The first-order valence-electron chi connectivity index (χ1n) is 8.14. The van der Waals surface area contributed by atoms with Crippen molar-refractivity contribution in [3.63, 3.8) is 0 Å². The van der Waals surface area contributed by atoms with E-state index in [9.17, 15) is 5.11 Å². The van der Waals surface area contributed by atoms with Gasteiger partial charge in [0.15, 0.2) is 11.5 Å². The van der Waals surface area contributed by atoms with Gasteiger partial charge in [-0.05, 0) is 45.0 Å². The number of piperidine rings is 1. The molecule has 0 radical (unpaired) electrons. The Balaban J connectivity index is 2.04. The minimum absolute atomic E-state index is 0.128. The van der Waals surface area contributed by atoms with E-state index in [1.165, 1.54) is 15.6 Å². The molecule has 3 nitrogen and oxygen atoms in total. The van der Waals surface area contributed by atoms with Crippen LogP contribution in [0.3, 0.4) is 0 Å². The summed E-state index contributed by atoms with van der Waals surface area (Å²) in [6.07, 6.45) is 6.37. The molecule has 1 N–H and O–H groups in total. The lowest BCUT2D eigenvalue weighted by molar-refractivity contribution is 0.0705. The number of rotatable bonds is 1. The van der Waals surface area contributed by atoms with Crippen molar-refractivity contribution < 1.29 is 9.84 Å². The van der Waals surface area contributed by atoms with E-state index in [1.807, 2.05) is 6.07 Å². The van der Waals surface area contributed by atoms with Crippen LogP contribution in [0.25, 0.3) is 0 Å². The van der Waals surface area contributed by atoms with Crippen molar-refractivity contribution in [3.8, 4) is 11.5 Å². The van der Waals surface area contributed by atoms with Crippen molar-refractivity contribution in [2.75, 3.05) is 20.7 Å². The van der Waals surface area contributed by atoms with E-state index in [4.69, 9.17) is 4.74 Å². The van der Waals surface area contributed by atoms with Gasteiger partial charge in [0.1, 0.15) is 0 Å². The van der Waals surface area contributed by atoms with Gasteiger partial charge < -0.3 is 14.7 Å². The van der Waals surface area contributed by atoms with Gasteiger partial charge >= 0.3 is 0 Å². The number of fused-ring (bicyclic) bond motifs is 1. The van der Waals surface area contributed by atoms with Crippen LogP contribution in [0.2, 0.25) is 0 Å². The smallest absolute Gasteiger partial charge is 0.162 e. The van der Waals surface area contributed by atoms with E-state index in [0.717, 1.165) is 24.9 Å². The predicted octanol–water partition coefficient (Wildman–Crippen LogP) is 3.75. The average Bonchev–Trinajstić information content (AvgIpc) is 2.54. The number of likely N-dealkylation sites (N-methyl/N-ethyl adjacent to an activating group) is 1. The van der Waals surface area contributed by atoms with Gasteiger partial charge in [0.2, 0.25) is 0 Å². The topological polar surface area (TPSA) is 32.7 Å². The molecule has 2 bridgehead atoms. The van der Waals surface area contributed by atoms with Crippen LogP contribution in [-0.2, 0) is 11.8 Å². The first-order chi connectivity index (χ1) is 11.0. The number of allylic oxidation sites excluding steroid dienone is 3. The molecular formula is C19H22BrNO2. The van der Waals surface area contributed by atoms with Crippen molar-refractivity contribution in [1.29, 1.82) is 0 Å². The Morgan fingerprint density at radius 3 is 2.87 bits per heavy atom. The summed E-state index contributed by atoms with van der Waals surface area (Å²) in [7, 11) is 3.84. The number of hydrogen-bond acceptors (Lipinski definition) is 3. The summed E-state index contributed by atoms with van der Waals surface area (Å²) in [6, 6.07) is 4.49. The van der Waals surface area contributed by atoms with Crippen LogP contribution in [0.15, 0.2) is 34.3 Å². The number of aromatic hydroxyl groups is 1. The second-order valence-corrected chi connectivity index (χ2v) is 7.92. The number of benzene rings is 1. The fraction of sp³-hybridized carbons (Fsp3) is 0.474. The number of likely N-dealkylation sites (tertiary alicyclic amines) is 1. The second-order valence-electron chi connectivity index (χ2n) is 7.00. The summed E-state index contributed by atoms with van der Waals surface area (Å²) in [4.78, 5) is 2.47. The van der Waals surface area contributed by atoms with Crippen LogP contribution in [0, 0.1) is 5.92 Å². The number of nitrogens with zero attached hydrogens (tertiary/aromatic N) is 1. The molecule has 0 amide bonds. The largest absolute Gasteiger partial charge is 0.504 e. The summed E-state index contributed by atoms with van der Waals surface area (Å²) in [5.74, 6) is 1.26. The average molecular weight is 376 g/mol. The van der Waals surface area contributed by atoms with Crippen LogP contribution in [-0.4, -0.2) is 36.8 Å². The predicted molar refractivity (Wildman–Crippen MR) is 95.3 cm³/mol. The Bertz CT molecular complexity index is 739. The third-order valence-corrected chi connectivity index (χ3v) is 6.91. The van der Waals surface area contributed by atoms with Gasteiger partial charge in [0, 0.05) is 27.4 Å². The summed E-state index contributed by atoms with van der Waals surface area (Å²) in [5, 5.41) is 10.9. The minimum atomic E-state index is -0.128. The van der Waals surface area contributed by atoms with Crippen molar-refractivity contribution in [2.45, 2.75) is 31.2 Å². The van der Waals surface area contributed by atoms with E-state index in [2.05, 4.69) is 53.0 Å². The Hall–Kier alpha value is -1.26. The first-order valence-corrected chi connectivity index (χ1v) is 8.94. The van der Waals surface area contributed by atoms with Crippen LogP contribution >= 0.6 is 15.9 Å². The highest BCUT2D eigenvalue weighted by molar-refractivity contribution is 9.11. The van der Waals surface area contributed by atoms with Crippen molar-refractivity contribution in [2.24, 2.45) is 5.92 Å². The molecule has 23 heavy (non-hydrogen) atoms. The van der Waals surface area contributed by atoms with Gasteiger partial charge in [-0.15, -0.1) is 0 Å². The molecule has 2 aliphatic carbocycles. The Morgan fingerprint density at radius 2 is 2.13 bits per heavy atom. The molecule has 0 saturated carbocycles. The van der Waals surface area contributed by atoms with Gasteiger partial charge in [-0.1, -0.05) is 39.7 Å². The van der Waals surface area contributed by atoms with Gasteiger partial charge in [-0.25, -0.2) is 0 Å². The molecule has 4 rings (SSSR count). The molecule has 0 aromatic heterocycles. The highest BCUT2D eigenvalue weighted by Crippen LogP contribution is 2.60. The molecule has 1 heterocycles. The molecule has 0 unspecified atom stereocenters. The first kappa shape index (κ1) is 15.3. The van der Waals surface area contributed by atoms with Gasteiger partial charge in [0.25, 0.3) is 0 Å². The zero-order chi connectivity index (χ0) is 16.4. The van der Waals surface area contributed by atoms with E-state index < -0.39 is 0 Å².